The average molecular weight is 443 g/mol. The molecular formula is C28H42O4. The summed E-state index contributed by atoms with van der Waals surface area (Å²) in [6.45, 7) is 14.8. The van der Waals surface area contributed by atoms with Crippen LogP contribution in [-0.4, -0.2) is 36.5 Å². The Kier molecular flexibility index (Phi) is 3.43. The van der Waals surface area contributed by atoms with Crippen molar-refractivity contribution < 1.29 is 19.0 Å². The molecule has 5 aliphatic carbocycles. The summed E-state index contributed by atoms with van der Waals surface area (Å²) in [5.41, 5.74) is 1.20. The first-order chi connectivity index (χ1) is 14.9. The third kappa shape index (κ3) is 1.69. The minimum Gasteiger partial charge on any atom is -0.469 e. The standard InChI is InChI=1S/C28H42O4/c1-16-8-9-25-15-26(25)11-10-24(6)23(5,17(2)12-21(29)30-7)14-20-27(24,32-20)28(26)19(31-28)13-18(25)22(16,3)4/h16-20H,8-15H2,1-7H3/t16-,17-,18+,19?,20?,23+,24-,25-,26-,27?,28?/m1/s1. The van der Waals surface area contributed by atoms with Gasteiger partial charge in [-0.3, -0.25) is 4.79 Å². The molecule has 4 heteroatoms. The predicted octanol–water partition coefficient (Wildman–Crippen LogP) is 5.52. The number of hydrogen-bond acceptors (Lipinski definition) is 4. The molecule has 0 aromatic rings. The molecule has 4 spiro atoms. The van der Waals surface area contributed by atoms with Crippen molar-refractivity contribution in [3.05, 3.63) is 0 Å². The fourth-order valence-corrected chi connectivity index (χ4v) is 11.5. The van der Waals surface area contributed by atoms with Gasteiger partial charge >= 0.3 is 5.97 Å². The summed E-state index contributed by atoms with van der Waals surface area (Å²) in [6, 6.07) is 0. The number of carbonyl (C=O) groups is 1. The summed E-state index contributed by atoms with van der Waals surface area (Å²) in [4.78, 5) is 12.2. The van der Waals surface area contributed by atoms with Crippen molar-refractivity contribution in [1.82, 2.24) is 0 Å². The van der Waals surface area contributed by atoms with E-state index in [0.717, 1.165) is 18.3 Å². The summed E-state index contributed by atoms with van der Waals surface area (Å²) in [6.07, 6.45) is 10.1. The van der Waals surface area contributed by atoms with E-state index in [4.69, 9.17) is 14.2 Å². The van der Waals surface area contributed by atoms with Crippen molar-refractivity contribution in [3.8, 4) is 0 Å². The highest BCUT2D eigenvalue weighted by atomic mass is 16.7. The molecule has 4 unspecified atom stereocenters. The van der Waals surface area contributed by atoms with Crippen molar-refractivity contribution in [2.75, 3.05) is 7.11 Å². The smallest absolute Gasteiger partial charge is 0.305 e. The van der Waals surface area contributed by atoms with Crippen molar-refractivity contribution >= 4 is 5.97 Å². The summed E-state index contributed by atoms with van der Waals surface area (Å²) in [5, 5.41) is 0. The molecule has 0 aromatic heterocycles. The normalized spacial score (nSPS) is 62.8. The Labute approximate surface area is 193 Å². The van der Waals surface area contributed by atoms with Gasteiger partial charge in [0.15, 0.2) is 0 Å². The lowest BCUT2D eigenvalue weighted by Gasteiger charge is -2.60. The van der Waals surface area contributed by atoms with Crippen LogP contribution in [0, 0.1) is 44.8 Å². The van der Waals surface area contributed by atoms with Crippen LogP contribution < -0.4 is 0 Å². The summed E-state index contributed by atoms with van der Waals surface area (Å²) in [5.74, 6) is 1.80. The number of epoxide rings is 2. The van der Waals surface area contributed by atoms with Gasteiger partial charge in [0.05, 0.1) is 19.3 Å². The number of carbonyl (C=O) groups excluding carboxylic acids is 1. The molecule has 0 N–H and O–H groups in total. The van der Waals surface area contributed by atoms with E-state index >= 15 is 0 Å². The molecule has 11 atom stereocenters. The van der Waals surface area contributed by atoms with Gasteiger partial charge in [0, 0.05) is 17.3 Å². The van der Waals surface area contributed by atoms with Crippen LogP contribution in [0.25, 0.3) is 0 Å². The number of esters is 1. The lowest BCUT2D eigenvalue weighted by Crippen LogP contribution is -2.65. The maximum atomic E-state index is 12.2. The SMILES string of the molecule is COC(=O)C[C@@H](C)[C@]1(C)CC2OC23C24OC2C[C@H]2C(C)(C)[C@H](C)CC[C@@]25C[C@@]45CC[C@@]31C. The Balaban J connectivity index is 1.29. The first-order valence-electron chi connectivity index (χ1n) is 13.3. The average Bonchev–Trinajstić information content (AvgIpc) is 3.64. The van der Waals surface area contributed by atoms with Crippen LogP contribution in [0.15, 0.2) is 0 Å². The monoisotopic (exact) mass is 442 g/mol. The third-order valence-corrected chi connectivity index (χ3v) is 14.0. The van der Waals surface area contributed by atoms with E-state index in [1.165, 1.54) is 45.6 Å². The number of ether oxygens (including phenoxy) is 3. The number of hydrogen-bond donors (Lipinski definition) is 0. The Bertz CT molecular complexity index is 928. The van der Waals surface area contributed by atoms with Gasteiger partial charge in [-0.15, -0.1) is 0 Å². The van der Waals surface area contributed by atoms with Crippen molar-refractivity contribution in [1.29, 1.82) is 0 Å². The van der Waals surface area contributed by atoms with Crippen LogP contribution in [0.3, 0.4) is 0 Å². The topological polar surface area (TPSA) is 51.4 Å². The highest BCUT2D eigenvalue weighted by Gasteiger charge is 3.03. The molecule has 4 nitrogen and oxygen atoms in total. The summed E-state index contributed by atoms with van der Waals surface area (Å²) >= 11 is 0. The highest BCUT2D eigenvalue weighted by molar-refractivity contribution is 5.69. The molecule has 0 bridgehead atoms. The van der Waals surface area contributed by atoms with Crippen molar-refractivity contribution in [2.45, 2.75) is 116 Å². The van der Waals surface area contributed by atoms with Crippen LogP contribution in [0.1, 0.15) is 92.9 Å². The van der Waals surface area contributed by atoms with Gasteiger partial charge in [-0.05, 0) is 78.9 Å². The fraction of sp³-hybridized carbons (Fsp3) is 0.964. The summed E-state index contributed by atoms with van der Waals surface area (Å²) < 4.78 is 18.9. The second-order valence-corrected chi connectivity index (χ2v) is 14.3. The Morgan fingerprint density at radius 2 is 1.78 bits per heavy atom. The zero-order valence-electron chi connectivity index (χ0n) is 21.2. The van der Waals surface area contributed by atoms with Gasteiger partial charge in [0.2, 0.25) is 0 Å². The lowest BCUT2D eigenvalue weighted by molar-refractivity contribution is -0.160. The second kappa shape index (κ2) is 5.30. The van der Waals surface area contributed by atoms with Crippen LogP contribution in [0.4, 0.5) is 0 Å². The van der Waals surface area contributed by atoms with E-state index in [1.54, 1.807) is 0 Å². The molecule has 2 saturated heterocycles. The molecule has 2 aliphatic heterocycles. The highest BCUT2D eigenvalue weighted by Crippen LogP contribution is 2.96. The fourth-order valence-electron chi connectivity index (χ4n) is 11.5. The molecule has 5 saturated carbocycles. The number of methoxy groups -OCH3 is 1. The van der Waals surface area contributed by atoms with Gasteiger partial charge in [-0.1, -0.05) is 41.5 Å². The van der Waals surface area contributed by atoms with Gasteiger partial charge in [-0.2, -0.15) is 0 Å². The second-order valence-electron chi connectivity index (χ2n) is 14.3. The van der Waals surface area contributed by atoms with E-state index in [2.05, 4.69) is 41.5 Å². The molecule has 7 aliphatic rings. The van der Waals surface area contributed by atoms with E-state index in [-0.39, 0.29) is 33.9 Å². The predicted molar refractivity (Wildman–Crippen MR) is 121 cm³/mol. The quantitative estimate of drug-likeness (QED) is 0.426. The molecule has 32 heavy (non-hydrogen) atoms. The summed E-state index contributed by atoms with van der Waals surface area (Å²) in [7, 11) is 1.51. The first kappa shape index (κ1) is 20.7. The van der Waals surface area contributed by atoms with Crippen molar-refractivity contribution in [2.24, 2.45) is 44.8 Å². The Hall–Kier alpha value is -0.610. The van der Waals surface area contributed by atoms with Crippen LogP contribution in [0.2, 0.25) is 0 Å². The zero-order valence-corrected chi connectivity index (χ0v) is 21.2. The lowest BCUT2D eigenvalue weighted by atomic mass is 9.42. The van der Waals surface area contributed by atoms with E-state index < -0.39 is 0 Å². The Morgan fingerprint density at radius 3 is 2.50 bits per heavy atom. The first-order valence-corrected chi connectivity index (χ1v) is 13.3. The molecule has 0 radical (unpaired) electrons. The van der Waals surface area contributed by atoms with Crippen LogP contribution in [0.5, 0.6) is 0 Å². The van der Waals surface area contributed by atoms with Crippen LogP contribution >= 0.6 is 0 Å². The Morgan fingerprint density at radius 1 is 1.06 bits per heavy atom. The largest absolute Gasteiger partial charge is 0.469 e. The maximum absolute atomic E-state index is 12.2. The van der Waals surface area contributed by atoms with E-state index in [9.17, 15) is 4.79 Å². The molecule has 0 amide bonds. The zero-order chi connectivity index (χ0) is 22.7. The van der Waals surface area contributed by atoms with Gasteiger partial charge in [-0.25, -0.2) is 0 Å². The van der Waals surface area contributed by atoms with Gasteiger partial charge in [0.25, 0.3) is 0 Å². The molecular weight excluding hydrogens is 400 g/mol. The minimum atomic E-state index is -0.121. The molecule has 178 valence electrons. The third-order valence-electron chi connectivity index (χ3n) is 14.0. The molecule has 7 fully saturated rings. The molecule has 0 aromatic carbocycles. The maximum Gasteiger partial charge on any atom is 0.305 e. The molecule has 7 rings (SSSR count). The molecule has 2 heterocycles. The van der Waals surface area contributed by atoms with Gasteiger partial charge < -0.3 is 14.2 Å². The van der Waals surface area contributed by atoms with Crippen molar-refractivity contribution in [3.63, 3.8) is 0 Å². The minimum absolute atomic E-state index is 0.0480. The van der Waals surface area contributed by atoms with E-state index in [1.807, 2.05) is 0 Å². The van der Waals surface area contributed by atoms with E-state index in [0.29, 0.717) is 34.9 Å². The van der Waals surface area contributed by atoms with Crippen LogP contribution in [-0.2, 0) is 19.0 Å². The number of rotatable bonds is 3. The van der Waals surface area contributed by atoms with Gasteiger partial charge in [0.1, 0.15) is 11.2 Å².